The summed E-state index contributed by atoms with van der Waals surface area (Å²) in [6.07, 6.45) is 5.57. The number of rotatable bonds is 3. The van der Waals surface area contributed by atoms with Crippen LogP contribution in [0.3, 0.4) is 0 Å². The van der Waals surface area contributed by atoms with Crippen LogP contribution in [0, 0.1) is 11.3 Å². The van der Waals surface area contributed by atoms with E-state index in [1.807, 2.05) is 0 Å². The molecule has 3 N–H and O–H groups in total. The first-order valence-electron chi connectivity index (χ1n) is 5.90. The van der Waals surface area contributed by atoms with Crippen LogP contribution in [0.15, 0.2) is 0 Å². The third kappa shape index (κ3) is 1.82. The second-order valence-corrected chi connectivity index (χ2v) is 5.36. The zero-order valence-electron chi connectivity index (χ0n) is 9.84. The van der Waals surface area contributed by atoms with Gasteiger partial charge in [-0.25, -0.2) is 0 Å². The molecule has 0 aromatic heterocycles. The summed E-state index contributed by atoms with van der Waals surface area (Å²) in [5, 5.41) is 10.8. The molecule has 2 atom stereocenters. The van der Waals surface area contributed by atoms with Gasteiger partial charge in [-0.2, -0.15) is 0 Å². The topological polar surface area (TPSA) is 46.2 Å². The molecule has 84 valence electrons. The molecule has 1 aliphatic carbocycles. The monoisotopic (exact) mass is 199 g/mol. The minimum absolute atomic E-state index is 0.145. The molecule has 1 saturated carbocycles. The first-order valence-corrected chi connectivity index (χ1v) is 5.90. The SMILES string of the molecule is CCC1CCCCC1(O)C(C)(C)CN. The van der Waals surface area contributed by atoms with Gasteiger partial charge < -0.3 is 10.8 Å². The Morgan fingerprint density at radius 3 is 2.57 bits per heavy atom. The Bertz CT molecular complexity index is 191. The molecule has 2 nitrogen and oxygen atoms in total. The van der Waals surface area contributed by atoms with Crippen LogP contribution in [0.25, 0.3) is 0 Å². The van der Waals surface area contributed by atoms with Gasteiger partial charge in [-0.05, 0) is 18.8 Å². The van der Waals surface area contributed by atoms with Crippen molar-refractivity contribution in [1.29, 1.82) is 0 Å². The molecule has 1 rings (SSSR count). The molecular weight excluding hydrogens is 174 g/mol. The molecule has 0 bridgehead atoms. The van der Waals surface area contributed by atoms with Crippen LogP contribution in [0.1, 0.15) is 52.9 Å². The van der Waals surface area contributed by atoms with E-state index in [-0.39, 0.29) is 5.41 Å². The zero-order chi connectivity index (χ0) is 10.8. The molecule has 0 saturated heterocycles. The van der Waals surface area contributed by atoms with Crippen molar-refractivity contribution >= 4 is 0 Å². The summed E-state index contributed by atoms with van der Waals surface area (Å²) in [5.74, 6) is 0.440. The predicted octanol–water partition coefficient (Wildman–Crippen LogP) is 2.30. The van der Waals surface area contributed by atoms with Crippen molar-refractivity contribution in [1.82, 2.24) is 0 Å². The lowest BCUT2D eigenvalue weighted by Gasteiger charge is -2.50. The van der Waals surface area contributed by atoms with Crippen LogP contribution < -0.4 is 5.73 Å². The van der Waals surface area contributed by atoms with Crippen molar-refractivity contribution in [2.24, 2.45) is 17.1 Å². The number of aliphatic hydroxyl groups is 1. The van der Waals surface area contributed by atoms with Gasteiger partial charge in [0.2, 0.25) is 0 Å². The van der Waals surface area contributed by atoms with E-state index in [0.717, 1.165) is 25.7 Å². The van der Waals surface area contributed by atoms with Gasteiger partial charge in [0.15, 0.2) is 0 Å². The number of hydrogen-bond acceptors (Lipinski definition) is 2. The van der Waals surface area contributed by atoms with Crippen LogP contribution in [0.2, 0.25) is 0 Å². The third-order valence-electron chi connectivity index (χ3n) is 4.21. The maximum Gasteiger partial charge on any atom is 0.0738 e. The maximum absolute atomic E-state index is 10.8. The van der Waals surface area contributed by atoms with E-state index in [0.29, 0.717) is 12.5 Å². The molecule has 0 amide bonds. The third-order valence-corrected chi connectivity index (χ3v) is 4.21. The van der Waals surface area contributed by atoms with Crippen molar-refractivity contribution in [3.8, 4) is 0 Å². The van der Waals surface area contributed by atoms with Gasteiger partial charge >= 0.3 is 0 Å². The van der Waals surface area contributed by atoms with Crippen molar-refractivity contribution in [2.75, 3.05) is 6.54 Å². The van der Waals surface area contributed by atoms with E-state index >= 15 is 0 Å². The van der Waals surface area contributed by atoms with Crippen molar-refractivity contribution in [3.05, 3.63) is 0 Å². The van der Waals surface area contributed by atoms with E-state index in [2.05, 4.69) is 20.8 Å². The second kappa shape index (κ2) is 4.19. The minimum atomic E-state index is -0.533. The average Bonchev–Trinajstić information content (AvgIpc) is 2.18. The lowest BCUT2D eigenvalue weighted by molar-refractivity contribution is -0.131. The van der Waals surface area contributed by atoms with Crippen molar-refractivity contribution in [2.45, 2.75) is 58.5 Å². The quantitative estimate of drug-likeness (QED) is 0.732. The molecule has 1 fully saturated rings. The summed E-state index contributed by atoms with van der Waals surface area (Å²) < 4.78 is 0. The highest BCUT2D eigenvalue weighted by atomic mass is 16.3. The molecule has 0 radical (unpaired) electrons. The largest absolute Gasteiger partial charge is 0.389 e. The first kappa shape index (κ1) is 12.0. The van der Waals surface area contributed by atoms with Gasteiger partial charge in [0.05, 0.1) is 5.60 Å². The van der Waals surface area contributed by atoms with Crippen LogP contribution in [-0.2, 0) is 0 Å². The Morgan fingerprint density at radius 1 is 1.43 bits per heavy atom. The summed E-state index contributed by atoms with van der Waals surface area (Å²) in [4.78, 5) is 0. The fraction of sp³-hybridized carbons (Fsp3) is 1.00. The molecule has 0 heterocycles. The molecular formula is C12H25NO. The number of hydrogen-bond donors (Lipinski definition) is 2. The van der Waals surface area contributed by atoms with Gasteiger partial charge in [-0.15, -0.1) is 0 Å². The van der Waals surface area contributed by atoms with Gasteiger partial charge in [0.1, 0.15) is 0 Å². The normalized spacial score (nSPS) is 34.5. The Labute approximate surface area is 87.9 Å². The molecule has 2 heteroatoms. The van der Waals surface area contributed by atoms with E-state index in [1.165, 1.54) is 6.42 Å². The molecule has 1 aliphatic rings. The average molecular weight is 199 g/mol. The van der Waals surface area contributed by atoms with E-state index in [1.54, 1.807) is 0 Å². The van der Waals surface area contributed by atoms with Crippen molar-refractivity contribution in [3.63, 3.8) is 0 Å². The Hall–Kier alpha value is -0.0800. The molecule has 0 aliphatic heterocycles. The maximum atomic E-state index is 10.8. The summed E-state index contributed by atoms with van der Waals surface area (Å²) in [6, 6.07) is 0. The van der Waals surface area contributed by atoms with Crippen molar-refractivity contribution < 1.29 is 5.11 Å². The van der Waals surface area contributed by atoms with Gasteiger partial charge in [0.25, 0.3) is 0 Å². The highest BCUT2D eigenvalue weighted by Gasteiger charge is 2.48. The van der Waals surface area contributed by atoms with Gasteiger partial charge in [0, 0.05) is 12.0 Å². The van der Waals surface area contributed by atoms with Crippen LogP contribution >= 0.6 is 0 Å². The molecule has 0 spiro atoms. The molecule has 0 aromatic rings. The van der Waals surface area contributed by atoms with Gasteiger partial charge in [-0.3, -0.25) is 0 Å². The summed E-state index contributed by atoms with van der Waals surface area (Å²) in [6.45, 7) is 6.94. The zero-order valence-corrected chi connectivity index (χ0v) is 9.84. The first-order chi connectivity index (χ1) is 6.48. The predicted molar refractivity (Wildman–Crippen MR) is 60.0 cm³/mol. The highest BCUT2D eigenvalue weighted by Crippen LogP contribution is 2.46. The lowest BCUT2D eigenvalue weighted by Crippen LogP contribution is -2.55. The van der Waals surface area contributed by atoms with E-state index < -0.39 is 5.60 Å². The molecule has 2 unspecified atom stereocenters. The van der Waals surface area contributed by atoms with E-state index in [4.69, 9.17) is 5.73 Å². The number of nitrogens with two attached hydrogens (primary N) is 1. The smallest absolute Gasteiger partial charge is 0.0738 e. The fourth-order valence-corrected chi connectivity index (χ4v) is 2.84. The lowest BCUT2D eigenvalue weighted by atomic mass is 9.61. The van der Waals surface area contributed by atoms with Crippen LogP contribution in [-0.4, -0.2) is 17.3 Å². The van der Waals surface area contributed by atoms with Gasteiger partial charge in [-0.1, -0.05) is 40.0 Å². The Morgan fingerprint density at radius 2 is 2.07 bits per heavy atom. The molecule has 14 heavy (non-hydrogen) atoms. The minimum Gasteiger partial charge on any atom is -0.389 e. The molecule has 0 aromatic carbocycles. The second-order valence-electron chi connectivity index (χ2n) is 5.36. The van der Waals surface area contributed by atoms with Crippen LogP contribution in [0.5, 0.6) is 0 Å². The Kier molecular flexibility index (Phi) is 3.59. The summed E-state index contributed by atoms with van der Waals surface area (Å²) >= 11 is 0. The summed E-state index contributed by atoms with van der Waals surface area (Å²) in [7, 11) is 0. The summed E-state index contributed by atoms with van der Waals surface area (Å²) in [5.41, 5.74) is 5.10. The fourth-order valence-electron chi connectivity index (χ4n) is 2.84. The standard InChI is InChI=1S/C12H25NO/c1-4-10-7-5-6-8-12(10,14)11(2,3)9-13/h10,14H,4-9,13H2,1-3H3. The van der Waals surface area contributed by atoms with E-state index in [9.17, 15) is 5.11 Å². The Balaban J connectivity index is 2.87. The van der Waals surface area contributed by atoms with Crippen LogP contribution in [0.4, 0.5) is 0 Å². The highest BCUT2D eigenvalue weighted by molar-refractivity contribution is 5.00.